The average Bonchev–Trinajstić information content (AvgIpc) is 2.63. The predicted octanol–water partition coefficient (Wildman–Crippen LogP) is 3.19. The number of benzene rings is 1. The van der Waals surface area contributed by atoms with Crippen molar-refractivity contribution in [2.24, 2.45) is 0 Å². The number of hydrogen-bond acceptors (Lipinski definition) is 6. The lowest BCUT2D eigenvalue weighted by Gasteiger charge is -2.35. The Labute approximate surface area is 195 Å². The second-order valence-corrected chi connectivity index (χ2v) is 9.73. The third-order valence-corrected chi connectivity index (χ3v) is 4.44. The van der Waals surface area contributed by atoms with Gasteiger partial charge in [-0.25, -0.2) is 4.79 Å². The highest BCUT2D eigenvalue weighted by atomic mass is 32.1. The van der Waals surface area contributed by atoms with Gasteiger partial charge in [-0.2, -0.15) is 12.6 Å². The normalized spacial score (nSPS) is 13.5. The van der Waals surface area contributed by atoms with E-state index in [1.807, 2.05) is 20.8 Å². The van der Waals surface area contributed by atoms with Gasteiger partial charge in [-0.15, -0.1) is 6.58 Å². The molecule has 0 spiro atoms. The fourth-order valence-corrected chi connectivity index (χ4v) is 3.15. The predicted molar refractivity (Wildman–Crippen MR) is 128 cm³/mol. The van der Waals surface area contributed by atoms with Crippen LogP contribution in [-0.2, 0) is 14.3 Å². The van der Waals surface area contributed by atoms with Gasteiger partial charge in [-0.05, 0) is 47.6 Å². The zero-order chi connectivity index (χ0) is 24.7. The minimum Gasteiger partial charge on any atom is -0.508 e. The first-order valence-electron chi connectivity index (χ1n) is 10.3. The van der Waals surface area contributed by atoms with Crippen molar-refractivity contribution in [3.8, 4) is 5.75 Å². The van der Waals surface area contributed by atoms with Crippen LogP contribution in [-0.4, -0.2) is 57.4 Å². The zero-order valence-electron chi connectivity index (χ0n) is 19.6. The molecule has 0 heterocycles. The zero-order valence-corrected chi connectivity index (χ0v) is 20.5. The van der Waals surface area contributed by atoms with E-state index in [1.54, 1.807) is 39.0 Å². The molecule has 3 amide bonds. The maximum atomic E-state index is 13.5. The van der Waals surface area contributed by atoms with E-state index in [-0.39, 0.29) is 23.6 Å². The summed E-state index contributed by atoms with van der Waals surface area (Å²) in [5.74, 6) is -1.21. The Balaban J connectivity index is 3.38. The lowest BCUT2D eigenvalue weighted by atomic mass is 10.00. The van der Waals surface area contributed by atoms with E-state index in [2.05, 4.69) is 29.8 Å². The molecule has 9 heteroatoms. The number of phenolic OH excluding ortho intramolecular Hbond substituents is 1. The van der Waals surface area contributed by atoms with Gasteiger partial charge in [0.25, 0.3) is 0 Å². The second kappa shape index (κ2) is 11.3. The molecule has 0 aliphatic rings. The average molecular weight is 466 g/mol. The second-order valence-electron chi connectivity index (χ2n) is 9.36. The fraction of sp³-hybridized carbons (Fsp3) is 0.522. The molecule has 0 radical (unpaired) electrons. The van der Waals surface area contributed by atoms with Crippen molar-refractivity contribution in [1.82, 2.24) is 15.5 Å². The van der Waals surface area contributed by atoms with Crippen LogP contribution in [0.4, 0.5) is 4.79 Å². The molecule has 2 unspecified atom stereocenters. The van der Waals surface area contributed by atoms with Crippen LogP contribution in [0.3, 0.4) is 0 Å². The number of nitrogens with one attached hydrogen (secondary N) is 2. The minimum absolute atomic E-state index is 0.00429. The van der Waals surface area contributed by atoms with Gasteiger partial charge in [0.1, 0.15) is 23.4 Å². The van der Waals surface area contributed by atoms with Gasteiger partial charge in [0, 0.05) is 23.4 Å². The Kier molecular flexibility index (Phi) is 9.63. The van der Waals surface area contributed by atoms with Gasteiger partial charge in [0.2, 0.25) is 11.8 Å². The molecule has 0 saturated heterocycles. The molecule has 0 saturated carbocycles. The summed E-state index contributed by atoms with van der Waals surface area (Å²) < 4.78 is 5.24. The van der Waals surface area contributed by atoms with Crippen molar-refractivity contribution in [2.75, 3.05) is 12.3 Å². The fourth-order valence-electron chi connectivity index (χ4n) is 2.90. The number of amides is 3. The SMILES string of the molecule is C=CCN(C(=O)C(CS)NC(=O)OC(C)(C)C)C(C(=O)NC(C)(C)C)c1ccccc1O. The maximum absolute atomic E-state index is 13.5. The number of ether oxygens (including phenoxy) is 1. The Bertz CT molecular complexity index is 830. The molecule has 0 aliphatic heterocycles. The molecule has 2 atom stereocenters. The molecule has 0 aromatic heterocycles. The highest BCUT2D eigenvalue weighted by Gasteiger charge is 2.37. The van der Waals surface area contributed by atoms with Crippen molar-refractivity contribution < 1.29 is 24.2 Å². The molecule has 32 heavy (non-hydrogen) atoms. The van der Waals surface area contributed by atoms with Crippen LogP contribution in [0.25, 0.3) is 0 Å². The van der Waals surface area contributed by atoms with Gasteiger partial charge < -0.3 is 25.4 Å². The van der Waals surface area contributed by atoms with Crippen LogP contribution >= 0.6 is 12.6 Å². The van der Waals surface area contributed by atoms with Crippen molar-refractivity contribution >= 4 is 30.5 Å². The highest BCUT2D eigenvalue weighted by molar-refractivity contribution is 7.80. The van der Waals surface area contributed by atoms with Crippen LogP contribution in [0.1, 0.15) is 53.1 Å². The smallest absolute Gasteiger partial charge is 0.408 e. The van der Waals surface area contributed by atoms with Crippen LogP contribution in [0.15, 0.2) is 36.9 Å². The number of phenols is 1. The molecular weight excluding hydrogens is 430 g/mol. The van der Waals surface area contributed by atoms with E-state index >= 15 is 0 Å². The number of nitrogens with zero attached hydrogens (tertiary/aromatic N) is 1. The van der Waals surface area contributed by atoms with Gasteiger partial charge in [0.05, 0.1) is 0 Å². The molecule has 1 rings (SSSR count). The first-order valence-corrected chi connectivity index (χ1v) is 10.9. The van der Waals surface area contributed by atoms with Gasteiger partial charge >= 0.3 is 6.09 Å². The summed E-state index contributed by atoms with van der Waals surface area (Å²) in [5, 5.41) is 15.8. The minimum atomic E-state index is -1.16. The van der Waals surface area contributed by atoms with Crippen molar-refractivity contribution in [1.29, 1.82) is 0 Å². The Morgan fingerprint density at radius 3 is 2.25 bits per heavy atom. The van der Waals surface area contributed by atoms with E-state index in [0.29, 0.717) is 0 Å². The maximum Gasteiger partial charge on any atom is 0.408 e. The third kappa shape index (κ3) is 8.45. The number of hydrogen-bond donors (Lipinski definition) is 4. The largest absolute Gasteiger partial charge is 0.508 e. The summed E-state index contributed by atoms with van der Waals surface area (Å²) in [7, 11) is 0. The topological polar surface area (TPSA) is 108 Å². The number of para-hydroxylation sites is 1. The number of aromatic hydroxyl groups is 1. The standard InChI is InChI=1S/C23H35N3O5S/c1-8-13-26(20(29)16(14-32)24-21(30)31-23(5,6)7)18(19(28)25-22(2,3)4)15-11-9-10-12-17(15)27/h8-12,16,18,27,32H,1,13-14H2,2-7H3,(H,24,30)(H,25,28). The molecular formula is C23H35N3O5S. The molecule has 0 fully saturated rings. The van der Waals surface area contributed by atoms with Crippen LogP contribution in [0.5, 0.6) is 5.75 Å². The van der Waals surface area contributed by atoms with Gasteiger partial charge in [-0.1, -0.05) is 24.3 Å². The van der Waals surface area contributed by atoms with Crippen molar-refractivity contribution in [3.63, 3.8) is 0 Å². The van der Waals surface area contributed by atoms with Gasteiger partial charge in [-0.3, -0.25) is 9.59 Å². The number of rotatable bonds is 8. The summed E-state index contributed by atoms with van der Waals surface area (Å²) in [6, 6.07) is 4.07. The quantitative estimate of drug-likeness (QED) is 0.348. The summed E-state index contributed by atoms with van der Waals surface area (Å²) in [5.41, 5.74) is -1.08. The van der Waals surface area contributed by atoms with Crippen LogP contribution in [0, 0.1) is 0 Å². The van der Waals surface area contributed by atoms with Crippen LogP contribution in [0.2, 0.25) is 0 Å². The molecule has 178 valence electrons. The lowest BCUT2D eigenvalue weighted by molar-refractivity contribution is -0.142. The Hall–Kier alpha value is -2.68. The van der Waals surface area contributed by atoms with Crippen molar-refractivity contribution in [3.05, 3.63) is 42.5 Å². The van der Waals surface area contributed by atoms with E-state index < -0.39 is 41.1 Å². The number of carbonyl (C=O) groups excluding carboxylic acids is 3. The molecule has 0 bridgehead atoms. The molecule has 1 aromatic rings. The monoisotopic (exact) mass is 465 g/mol. The number of alkyl carbamates (subject to hydrolysis) is 1. The van der Waals surface area contributed by atoms with Gasteiger partial charge in [0.15, 0.2) is 0 Å². The number of thiol groups is 1. The number of carbonyl (C=O) groups is 3. The summed E-state index contributed by atoms with van der Waals surface area (Å²) >= 11 is 4.21. The molecule has 8 nitrogen and oxygen atoms in total. The third-order valence-electron chi connectivity index (χ3n) is 4.07. The first kappa shape index (κ1) is 27.4. The highest BCUT2D eigenvalue weighted by Crippen LogP contribution is 2.30. The Morgan fingerprint density at radius 2 is 1.78 bits per heavy atom. The van der Waals surface area contributed by atoms with E-state index in [9.17, 15) is 19.5 Å². The van der Waals surface area contributed by atoms with E-state index in [4.69, 9.17) is 4.74 Å². The van der Waals surface area contributed by atoms with Crippen molar-refractivity contribution in [2.45, 2.75) is 64.8 Å². The molecule has 0 aliphatic carbocycles. The molecule has 3 N–H and O–H groups in total. The van der Waals surface area contributed by atoms with E-state index in [0.717, 1.165) is 0 Å². The first-order chi connectivity index (χ1) is 14.7. The van der Waals surface area contributed by atoms with Crippen LogP contribution < -0.4 is 10.6 Å². The summed E-state index contributed by atoms with van der Waals surface area (Å²) in [6.07, 6.45) is 0.694. The van der Waals surface area contributed by atoms with E-state index in [1.165, 1.54) is 17.0 Å². The summed E-state index contributed by atoms with van der Waals surface area (Å²) in [4.78, 5) is 40.2. The Morgan fingerprint density at radius 1 is 1.19 bits per heavy atom. The summed E-state index contributed by atoms with van der Waals surface area (Å²) in [6.45, 7) is 14.2. The lowest BCUT2D eigenvalue weighted by Crippen LogP contribution is -2.55. The molecule has 1 aromatic carbocycles.